The molecule has 17 heavy (non-hydrogen) atoms. The average molecular weight is 230 g/mol. The number of aryl methyl sites for hydroxylation is 1. The van der Waals surface area contributed by atoms with E-state index in [0.29, 0.717) is 18.8 Å². The van der Waals surface area contributed by atoms with Crippen molar-refractivity contribution in [3.63, 3.8) is 0 Å². The van der Waals surface area contributed by atoms with Crippen molar-refractivity contribution in [2.24, 2.45) is 0 Å². The first-order chi connectivity index (χ1) is 8.22. The van der Waals surface area contributed by atoms with Crippen molar-refractivity contribution in [2.45, 2.75) is 13.0 Å². The predicted octanol–water partition coefficient (Wildman–Crippen LogP) is 0.328. The summed E-state index contributed by atoms with van der Waals surface area (Å²) in [4.78, 5) is 18.0. The van der Waals surface area contributed by atoms with Crippen LogP contribution >= 0.6 is 0 Å². The number of pyridine rings is 1. The van der Waals surface area contributed by atoms with Gasteiger partial charge in [0.25, 0.3) is 5.91 Å². The van der Waals surface area contributed by atoms with Gasteiger partial charge in [-0.2, -0.15) is 5.26 Å². The first kappa shape index (κ1) is 11.6. The Hall–Kier alpha value is -1.93. The minimum Gasteiger partial charge on any atom is -0.319 e. The third kappa shape index (κ3) is 2.43. The largest absolute Gasteiger partial charge is 0.319 e. The van der Waals surface area contributed by atoms with Crippen LogP contribution in [0.25, 0.3) is 0 Å². The van der Waals surface area contributed by atoms with Gasteiger partial charge in [-0.1, -0.05) is 6.07 Å². The molecule has 0 aromatic carbocycles. The van der Waals surface area contributed by atoms with E-state index in [1.54, 1.807) is 17.0 Å². The molecule has 0 saturated carbocycles. The topological polar surface area (TPSA) is 69.0 Å². The molecule has 1 aromatic rings. The Morgan fingerprint density at radius 2 is 2.47 bits per heavy atom. The Morgan fingerprint density at radius 3 is 3.18 bits per heavy atom. The third-order valence-corrected chi connectivity index (χ3v) is 2.76. The summed E-state index contributed by atoms with van der Waals surface area (Å²) in [6.07, 6.45) is 0. The Balaban J connectivity index is 2.22. The summed E-state index contributed by atoms with van der Waals surface area (Å²) in [6, 6.07) is 7.06. The highest BCUT2D eigenvalue weighted by Crippen LogP contribution is 2.09. The van der Waals surface area contributed by atoms with Crippen molar-refractivity contribution in [3.8, 4) is 6.07 Å². The molecule has 2 heterocycles. The second-order valence-corrected chi connectivity index (χ2v) is 4.01. The zero-order valence-electron chi connectivity index (χ0n) is 9.68. The average Bonchev–Trinajstić information content (AvgIpc) is 2.38. The van der Waals surface area contributed by atoms with Crippen LogP contribution in [0, 0.1) is 18.3 Å². The molecule has 1 aliphatic rings. The minimum atomic E-state index is -0.404. The standard InChI is InChI=1S/C12H14N4O/c1-9-3-2-4-11(15-9)12(17)16-6-5-14-8-10(16)7-13/h2-4,10,14H,5-6,8H2,1H3. The van der Waals surface area contributed by atoms with Crippen molar-refractivity contribution in [1.82, 2.24) is 15.2 Å². The van der Waals surface area contributed by atoms with Gasteiger partial charge in [-0.15, -0.1) is 0 Å². The first-order valence-electron chi connectivity index (χ1n) is 5.57. The lowest BCUT2D eigenvalue weighted by molar-refractivity contribution is 0.0681. The Kier molecular flexibility index (Phi) is 3.35. The van der Waals surface area contributed by atoms with Gasteiger partial charge in [0.2, 0.25) is 0 Å². The Morgan fingerprint density at radius 1 is 1.65 bits per heavy atom. The maximum atomic E-state index is 12.2. The van der Waals surface area contributed by atoms with Gasteiger partial charge in [0, 0.05) is 25.3 Å². The van der Waals surface area contributed by atoms with Crippen molar-refractivity contribution >= 4 is 5.91 Å². The number of hydrogen-bond acceptors (Lipinski definition) is 4. The zero-order valence-corrected chi connectivity index (χ0v) is 9.68. The summed E-state index contributed by atoms with van der Waals surface area (Å²) in [5.74, 6) is -0.165. The highest BCUT2D eigenvalue weighted by atomic mass is 16.2. The molecule has 0 aliphatic carbocycles. The molecule has 1 amide bonds. The first-order valence-corrected chi connectivity index (χ1v) is 5.57. The van der Waals surface area contributed by atoms with Gasteiger partial charge in [-0.3, -0.25) is 4.79 Å². The van der Waals surface area contributed by atoms with Crippen LogP contribution in [0.5, 0.6) is 0 Å². The highest BCUT2D eigenvalue weighted by molar-refractivity contribution is 5.92. The molecule has 0 spiro atoms. The fourth-order valence-electron chi connectivity index (χ4n) is 1.87. The van der Waals surface area contributed by atoms with Gasteiger partial charge >= 0.3 is 0 Å². The molecular formula is C12H14N4O. The Bertz CT molecular complexity index is 466. The molecule has 1 atom stereocenters. The number of piperazine rings is 1. The number of hydrogen-bond donors (Lipinski definition) is 1. The normalized spacial score (nSPS) is 19.8. The fourth-order valence-corrected chi connectivity index (χ4v) is 1.87. The molecule has 1 unspecified atom stereocenters. The van der Waals surface area contributed by atoms with E-state index in [1.807, 2.05) is 13.0 Å². The second-order valence-electron chi connectivity index (χ2n) is 4.01. The molecule has 0 bridgehead atoms. The van der Waals surface area contributed by atoms with Gasteiger partial charge in [0.15, 0.2) is 0 Å². The molecule has 0 radical (unpaired) electrons. The van der Waals surface area contributed by atoms with E-state index < -0.39 is 6.04 Å². The van der Waals surface area contributed by atoms with Crippen LogP contribution in [-0.4, -0.2) is 41.5 Å². The summed E-state index contributed by atoms with van der Waals surface area (Å²) in [6.45, 7) is 3.63. The van der Waals surface area contributed by atoms with Gasteiger partial charge < -0.3 is 10.2 Å². The van der Waals surface area contributed by atoms with E-state index in [-0.39, 0.29) is 5.91 Å². The highest BCUT2D eigenvalue weighted by Gasteiger charge is 2.27. The van der Waals surface area contributed by atoms with Crippen LogP contribution in [0.15, 0.2) is 18.2 Å². The van der Waals surface area contributed by atoms with Crippen molar-refractivity contribution in [1.29, 1.82) is 5.26 Å². The number of rotatable bonds is 1. The van der Waals surface area contributed by atoms with Crippen LogP contribution in [0.3, 0.4) is 0 Å². The van der Waals surface area contributed by atoms with E-state index in [1.165, 1.54) is 0 Å². The summed E-state index contributed by atoms with van der Waals surface area (Å²) in [5, 5.41) is 12.1. The number of nitrogens with one attached hydrogen (secondary N) is 1. The van der Waals surface area contributed by atoms with Crippen LogP contribution < -0.4 is 5.32 Å². The summed E-state index contributed by atoms with van der Waals surface area (Å²) in [5.41, 5.74) is 1.21. The number of aromatic nitrogens is 1. The monoisotopic (exact) mass is 230 g/mol. The second kappa shape index (κ2) is 4.93. The molecule has 1 fully saturated rings. The molecule has 88 valence electrons. The van der Waals surface area contributed by atoms with Gasteiger partial charge in [-0.25, -0.2) is 4.98 Å². The smallest absolute Gasteiger partial charge is 0.273 e. The van der Waals surface area contributed by atoms with E-state index in [0.717, 1.165) is 12.2 Å². The number of nitrogens with zero attached hydrogens (tertiary/aromatic N) is 3. The van der Waals surface area contributed by atoms with E-state index >= 15 is 0 Å². The van der Waals surface area contributed by atoms with Crippen molar-refractivity contribution < 1.29 is 4.79 Å². The SMILES string of the molecule is Cc1cccc(C(=O)N2CCNCC2C#N)n1. The van der Waals surface area contributed by atoms with Gasteiger partial charge in [0.05, 0.1) is 6.07 Å². The lowest BCUT2D eigenvalue weighted by Gasteiger charge is -2.31. The zero-order chi connectivity index (χ0) is 12.3. The molecule has 1 aromatic heterocycles. The fraction of sp³-hybridized carbons (Fsp3) is 0.417. The Labute approximate surface area is 100 Å². The number of nitriles is 1. The maximum Gasteiger partial charge on any atom is 0.273 e. The van der Waals surface area contributed by atoms with E-state index in [4.69, 9.17) is 5.26 Å². The molecule has 1 aliphatic heterocycles. The van der Waals surface area contributed by atoms with Crippen LogP contribution in [0.4, 0.5) is 0 Å². The van der Waals surface area contributed by atoms with Crippen LogP contribution in [-0.2, 0) is 0 Å². The summed E-state index contributed by atoms with van der Waals surface area (Å²) < 4.78 is 0. The van der Waals surface area contributed by atoms with E-state index in [2.05, 4.69) is 16.4 Å². The molecule has 5 nitrogen and oxygen atoms in total. The molecule has 1 N–H and O–H groups in total. The minimum absolute atomic E-state index is 0.165. The predicted molar refractivity (Wildman–Crippen MR) is 62.3 cm³/mol. The molecule has 2 rings (SSSR count). The number of carbonyl (C=O) groups is 1. The third-order valence-electron chi connectivity index (χ3n) is 2.76. The number of carbonyl (C=O) groups excluding carboxylic acids is 1. The van der Waals surface area contributed by atoms with Crippen molar-refractivity contribution in [3.05, 3.63) is 29.6 Å². The van der Waals surface area contributed by atoms with Gasteiger partial charge in [0.1, 0.15) is 11.7 Å². The lowest BCUT2D eigenvalue weighted by Crippen LogP contribution is -2.53. The maximum absolute atomic E-state index is 12.2. The number of amides is 1. The lowest BCUT2D eigenvalue weighted by atomic mass is 10.2. The van der Waals surface area contributed by atoms with Crippen LogP contribution in [0.2, 0.25) is 0 Å². The summed E-state index contributed by atoms with van der Waals surface area (Å²) in [7, 11) is 0. The molecule has 5 heteroatoms. The quantitative estimate of drug-likeness (QED) is 0.754. The molecular weight excluding hydrogens is 216 g/mol. The van der Waals surface area contributed by atoms with Crippen molar-refractivity contribution in [2.75, 3.05) is 19.6 Å². The molecule has 1 saturated heterocycles. The summed E-state index contributed by atoms with van der Waals surface area (Å²) >= 11 is 0. The van der Waals surface area contributed by atoms with E-state index in [9.17, 15) is 4.79 Å². The van der Waals surface area contributed by atoms with Crippen LogP contribution in [0.1, 0.15) is 16.2 Å². The van der Waals surface area contributed by atoms with Gasteiger partial charge in [-0.05, 0) is 19.1 Å².